The van der Waals surface area contributed by atoms with E-state index >= 15 is 0 Å². The van der Waals surface area contributed by atoms with Crippen molar-refractivity contribution in [1.82, 2.24) is 0 Å². The average molecular weight is 822 g/mol. The number of ether oxygens (including phenoxy) is 2. The third kappa shape index (κ3) is 43.1. The molecule has 0 radical (unpaired) electrons. The van der Waals surface area contributed by atoms with E-state index in [0.717, 1.165) is 51.4 Å². The smallest absolute Gasteiger partial charge is 0.462 e. The molecule has 0 amide bonds. The van der Waals surface area contributed by atoms with Crippen LogP contribution in [0.3, 0.4) is 0 Å². The maximum Gasteiger partial charge on any atom is 0.472 e. The molecule has 0 rings (SSSR count). The molecule has 0 saturated carbocycles. The Hall–Kier alpha value is -2.29. The van der Waals surface area contributed by atoms with Crippen LogP contribution in [-0.2, 0) is 32.7 Å². The van der Waals surface area contributed by atoms with E-state index in [9.17, 15) is 19.0 Å². The van der Waals surface area contributed by atoms with Crippen LogP contribution in [0.5, 0.6) is 0 Å². The fourth-order valence-corrected chi connectivity index (χ4v) is 6.74. The number of unbranched alkanes of at least 4 members (excludes halogenated alkanes) is 19. The average Bonchev–Trinajstić information content (AvgIpc) is 3.20. The molecule has 0 heterocycles. The third-order valence-corrected chi connectivity index (χ3v) is 10.4. The van der Waals surface area contributed by atoms with Crippen LogP contribution in [0.1, 0.15) is 194 Å². The summed E-state index contributed by atoms with van der Waals surface area (Å²) >= 11 is 0. The molecule has 2 atom stereocenters. The molecule has 0 aliphatic heterocycles. The van der Waals surface area contributed by atoms with Crippen molar-refractivity contribution >= 4 is 19.8 Å². The van der Waals surface area contributed by atoms with E-state index in [1.54, 1.807) is 0 Å². The Morgan fingerprint density at radius 1 is 0.526 bits per heavy atom. The SMILES string of the molecule is CCCCCC/C=C/CCCCCCCCCC(=O)OC[C@H](COP(=O)(O)OCCN)OC(=O)CCC/C=C/C/C=C/C/C=C/C/C=C/CCCCCCCCC. The minimum atomic E-state index is -4.40. The van der Waals surface area contributed by atoms with E-state index in [1.165, 1.54) is 103 Å². The van der Waals surface area contributed by atoms with Crippen molar-refractivity contribution in [2.24, 2.45) is 5.73 Å². The zero-order valence-electron chi connectivity index (χ0n) is 36.3. The lowest BCUT2D eigenvalue weighted by atomic mass is 10.1. The Morgan fingerprint density at radius 3 is 1.44 bits per heavy atom. The number of hydrogen-bond acceptors (Lipinski definition) is 8. The van der Waals surface area contributed by atoms with Gasteiger partial charge in [-0.2, -0.15) is 0 Å². The quantitative estimate of drug-likeness (QED) is 0.0267. The Bertz CT molecular complexity index is 1120. The summed E-state index contributed by atoms with van der Waals surface area (Å²) in [5.41, 5.74) is 5.35. The van der Waals surface area contributed by atoms with Gasteiger partial charge in [-0.3, -0.25) is 18.6 Å². The zero-order chi connectivity index (χ0) is 41.8. The molecule has 0 aromatic rings. The van der Waals surface area contributed by atoms with Crippen molar-refractivity contribution in [3.8, 4) is 0 Å². The van der Waals surface area contributed by atoms with Crippen molar-refractivity contribution in [1.29, 1.82) is 0 Å². The number of hydrogen-bond donors (Lipinski definition) is 2. The first-order valence-electron chi connectivity index (χ1n) is 22.8. The van der Waals surface area contributed by atoms with E-state index < -0.39 is 32.5 Å². The molecule has 0 fully saturated rings. The first-order valence-corrected chi connectivity index (χ1v) is 24.3. The van der Waals surface area contributed by atoms with Crippen LogP contribution >= 0.6 is 7.82 Å². The maximum atomic E-state index is 12.6. The normalized spacial score (nSPS) is 13.8. The molecule has 3 N–H and O–H groups in total. The fourth-order valence-electron chi connectivity index (χ4n) is 5.97. The second-order valence-corrected chi connectivity index (χ2v) is 16.4. The predicted octanol–water partition coefficient (Wildman–Crippen LogP) is 13.3. The van der Waals surface area contributed by atoms with Crippen molar-refractivity contribution in [3.05, 3.63) is 60.8 Å². The summed E-state index contributed by atoms with van der Waals surface area (Å²) in [5, 5.41) is 0. The molecular formula is C47H84NO8P. The number of nitrogens with two attached hydrogens (primary N) is 1. The molecular weight excluding hydrogens is 737 g/mol. The van der Waals surface area contributed by atoms with Crippen LogP contribution in [-0.4, -0.2) is 49.3 Å². The molecule has 0 bridgehead atoms. The Labute approximate surface area is 349 Å². The Balaban J connectivity index is 4.24. The molecule has 0 spiro atoms. The van der Waals surface area contributed by atoms with E-state index in [1.807, 2.05) is 6.08 Å². The second-order valence-electron chi connectivity index (χ2n) is 14.9. The van der Waals surface area contributed by atoms with Crippen LogP contribution in [0.15, 0.2) is 60.8 Å². The molecule has 0 aromatic heterocycles. The molecule has 0 aliphatic carbocycles. The van der Waals surface area contributed by atoms with E-state index in [2.05, 4.69) is 68.5 Å². The summed E-state index contributed by atoms with van der Waals surface area (Å²) in [4.78, 5) is 34.9. The summed E-state index contributed by atoms with van der Waals surface area (Å²) in [6, 6.07) is 0. The van der Waals surface area contributed by atoms with Gasteiger partial charge in [-0.25, -0.2) is 4.57 Å². The topological polar surface area (TPSA) is 134 Å². The lowest BCUT2D eigenvalue weighted by Crippen LogP contribution is -2.29. The summed E-state index contributed by atoms with van der Waals surface area (Å²) in [6.45, 7) is 3.65. The van der Waals surface area contributed by atoms with Crippen molar-refractivity contribution in [3.63, 3.8) is 0 Å². The highest BCUT2D eigenvalue weighted by Crippen LogP contribution is 2.43. The van der Waals surface area contributed by atoms with Gasteiger partial charge >= 0.3 is 19.8 Å². The molecule has 9 nitrogen and oxygen atoms in total. The minimum absolute atomic E-state index is 0.0421. The fraction of sp³-hybridized carbons (Fsp3) is 0.745. The van der Waals surface area contributed by atoms with Gasteiger partial charge < -0.3 is 20.1 Å². The standard InChI is InChI=1S/C47H84NO8P/c1-3-5-7-9-11-13-15-17-19-20-21-22-23-24-26-28-30-32-34-36-38-40-47(50)56-45(44-55-57(51,52)54-42-41-48)43-53-46(49)39-37-35-33-31-29-27-25-18-16-14-12-10-8-6-4-2/h14,16,19-20,22-23,26,28,32,34,45H,3-13,15,17-18,21,24-25,27,29-31,33,35-44,48H2,1-2H3,(H,51,52)/b16-14+,20-19+,23-22+,28-26+,34-32+/t45-/m1/s1. The number of rotatable bonds is 42. The summed E-state index contributed by atoms with van der Waals surface area (Å²) in [5.74, 6) is -0.901. The molecule has 10 heteroatoms. The van der Waals surface area contributed by atoms with Crippen LogP contribution in [0.2, 0.25) is 0 Å². The van der Waals surface area contributed by atoms with E-state index in [-0.39, 0.29) is 32.6 Å². The highest BCUT2D eigenvalue weighted by Gasteiger charge is 2.25. The van der Waals surface area contributed by atoms with Crippen LogP contribution in [0, 0.1) is 0 Å². The Morgan fingerprint density at radius 2 is 0.930 bits per heavy atom. The maximum absolute atomic E-state index is 12.6. The highest BCUT2D eigenvalue weighted by molar-refractivity contribution is 7.47. The number of phosphoric acid groups is 1. The molecule has 0 aliphatic rings. The summed E-state index contributed by atoms with van der Waals surface area (Å²) < 4.78 is 32.7. The monoisotopic (exact) mass is 822 g/mol. The number of carbonyl (C=O) groups is 2. The van der Waals surface area contributed by atoms with Gasteiger partial charge in [0.2, 0.25) is 0 Å². The number of phosphoric ester groups is 1. The largest absolute Gasteiger partial charge is 0.472 e. The zero-order valence-corrected chi connectivity index (χ0v) is 37.2. The van der Waals surface area contributed by atoms with Crippen LogP contribution < -0.4 is 5.73 Å². The molecule has 0 aromatic carbocycles. The van der Waals surface area contributed by atoms with Gasteiger partial charge in [0.05, 0.1) is 13.2 Å². The summed E-state index contributed by atoms with van der Waals surface area (Å²) in [7, 11) is -4.40. The lowest BCUT2D eigenvalue weighted by Gasteiger charge is -2.19. The van der Waals surface area contributed by atoms with Gasteiger partial charge in [0, 0.05) is 19.4 Å². The first kappa shape index (κ1) is 54.7. The Kier molecular flexibility index (Phi) is 41.6. The van der Waals surface area contributed by atoms with Gasteiger partial charge in [0.15, 0.2) is 6.10 Å². The van der Waals surface area contributed by atoms with Crippen LogP contribution in [0.4, 0.5) is 0 Å². The molecule has 57 heavy (non-hydrogen) atoms. The third-order valence-electron chi connectivity index (χ3n) is 9.38. The lowest BCUT2D eigenvalue weighted by molar-refractivity contribution is -0.161. The van der Waals surface area contributed by atoms with E-state index in [4.69, 9.17) is 24.3 Å². The predicted molar refractivity (Wildman–Crippen MR) is 238 cm³/mol. The van der Waals surface area contributed by atoms with Gasteiger partial charge in [-0.15, -0.1) is 0 Å². The highest BCUT2D eigenvalue weighted by atomic mass is 31.2. The van der Waals surface area contributed by atoms with Gasteiger partial charge in [0.1, 0.15) is 6.61 Å². The second kappa shape index (κ2) is 43.3. The molecule has 0 saturated heterocycles. The van der Waals surface area contributed by atoms with Crippen molar-refractivity contribution in [2.45, 2.75) is 200 Å². The first-order chi connectivity index (χ1) is 27.8. The minimum Gasteiger partial charge on any atom is -0.462 e. The van der Waals surface area contributed by atoms with E-state index in [0.29, 0.717) is 12.8 Å². The molecule has 330 valence electrons. The van der Waals surface area contributed by atoms with Gasteiger partial charge in [0.25, 0.3) is 0 Å². The number of esters is 2. The van der Waals surface area contributed by atoms with Crippen molar-refractivity contribution < 1.29 is 37.6 Å². The molecule has 1 unspecified atom stereocenters. The van der Waals surface area contributed by atoms with Crippen molar-refractivity contribution in [2.75, 3.05) is 26.4 Å². The number of carbonyl (C=O) groups excluding carboxylic acids is 2. The van der Waals surface area contributed by atoms with Crippen LogP contribution in [0.25, 0.3) is 0 Å². The number of allylic oxidation sites excluding steroid dienone is 10. The summed E-state index contributed by atoms with van der Waals surface area (Å²) in [6.07, 6.45) is 51.2. The van der Waals surface area contributed by atoms with Gasteiger partial charge in [-0.05, 0) is 77.0 Å². The van der Waals surface area contributed by atoms with Gasteiger partial charge in [-0.1, -0.05) is 164 Å².